The maximum atomic E-state index is 12.3. The molecule has 1 atom stereocenters. The van der Waals surface area contributed by atoms with Crippen LogP contribution in [0.5, 0.6) is 0 Å². The smallest absolute Gasteiger partial charge is 0.261 e. The van der Waals surface area contributed by atoms with Gasteiger partial charge >= 0.3 is 0 Å². The second-order valence-corrected chi connectivity index (χ2v) is 8.35. The van der Waals surface area contributed by atoms with E-state index in [2.05, 4.69) is 26.1 Å². The molecule has 1 aromatic carbocycles. The zero-order valence-corrected chi connectivity index (χ0v) is 14.6. The van der Waals surface area contributed by atoms with Crippen molar-refractivity contribution in [3.8, 4) is 0 Å². The van der Waals surface area contributed by atoms with Gasteiger partial charge < -0.3 is 5.32 Å². The molecule has 1 N–H and O–H groups in total. The molecule has 0 aliphatic heterocycles. The van der Waals surface area contributed by atoms with Crippen LogP contribution in [-0.2, 0) is 9.05 Å². The molecule has 1 rings (SSSR count). The van der Waals surface area contributed by atoms with E-state index in [-0.39, 0.29) is 10.8 Å². The Hall–Kier alpha value is -1.07. The highest BCUT2D eigenvalue weighted by molar-refractivity contribution is 8.13. The average molecular weight is 332 g/mol. The first-order valence-electron chi connectivity index (χ1n) is 6.88. The molecule has 118 valence electrons. The predicted molar refractivity (Wildman–Crippen MR) is 85.3 cm³/mol. The van der Waals surface area contributed by atoms with Gasteiger partial charge in [-0.2, -0.15) is 0 Å². The maximum absolute atomic E-state index is 12.3. The molecule has 1 amide bonds. The molecule has 4 nitrogen and oxygen atoms in total. The Morgan fingerprint density at radius 1 is 1.24 bits per heavy atom. The zero-order valence-electron chi connectivity index (χ0n) is 13.0. The minimum atomic E-state index is -3.85. The standard InChI is InChI=1S/C15H22ClNO3S/c1-9(2)11(4)8-17-15(18)14-7-13(21(16,19)20)6-10(3)12(14)5/h6-7,9,11H,8H2,1-5H3,(H,17,18). The lowest BCUT2D eigenvalue weighted by Crippen LogP contribution is -2.30. The Bertz CT molecular complexity index is 639. The fourth-order valence-corrected chi connectivity index (χ4v) is 2.63. The highest BCUT2D eigenvalue weighted by atomic mass is 35.7. The van der Waals surface area contributed by atoms with Crippen LogP contribution in [0.3, 0.4) is 0 Å². The Kier molecular flexibility index (Phi) is 5.82. The largest absolute Gasteiger partial charge is 0.352 e. The molecule has 0 fully saturated rings. The van der Waals surface area contributed by atoms with E-state index < -0.39 is 9.05 Å². The highest BCUT2D eigenvalue weighted by Gasteiger charge is 2.18. The van der Waals surface area contributed by atoms with Gasteiger partial charge in [-0.1, -0.05) is 20.8 Å². The number of carbonyl (C=O) groups excluding carboxylic acids is 1. The lowest BCUT2D eigenvalue weighted by Gasteiger charge is -2.17. The van der Waals surface area contributed by atoms with Crippen molar-refractivity contribution in [2.45, 2.75) is 39.5 Å². The summed E-state index contributed by atoms with van der Waals surface area (Å²) >= 11 is 0. The van der Waals surface area contributed by atoms with Gasteiger partial charge in [-0.15, -0.1) is 0 Å². The Balaban J connectivity index is 3.07. The molecule has 1 unspecified atom stereocenters. The number of amides is 1. The minimum absolute atomic E-state index is 0.0469. The van der Waals surface area contributed by atoms with Crippen LogP contribution >= 0.6 is 10.7 Å². The van der Waals surface area contributed by atoms with E-state index >= 15 is 0 Å². The van der Waals surface area contributed by atoms with Gasteiger partial charge in [0, 0.05) is 22.8 Å². The Morgan fingerprint density at radius 2 is 1.81 bits per heavy atom. The molecule has 0 aliphatic carbocycles. The topological polar surface area (TPSA) is 63.2 Å². The molecule has 21 heavy (non-hydrogen) atoms. The molecular weight excluding hydrogens is 310 g/mol. The van der Waals surface area contributed by atoms with Crippen LogP contribution in [0.2, 0.25) is 0 Å². The lowest BCUT2D eigenvalue weighted by atomic mass is 9.97. The number of rotatable bonds is 5. The van der Waals surface area contributed by atoms with E-state index in [1.165, 1.54) is 12.1 Å². The van der Waals surface area contributed by atoms with Crippen LogP contribution in [0.15, 0.2) is 17.0 Å². The molecule has 0 heterocycles. The summed E-state index contributed by atoms with van der Waals surface area (Å²) in [5.41, 5.74) is 1.83. The van der Waals surface area contributed by atoms with Crippen molar-refractivity contribution >= 4 is 25.6 Å². The number of carbonyl (C=O) groups is 1. The molecule has 0 spiro atoms. The normalized spacial score (nSPS) is 13.3. The Labute approximate surface area is 131 Å². The number of aryl methyl sites for hydroxylation is 1. The van der Waals surface area contributed by atoms with Crippen LogP contribution in [0.4, 0.5) is 0 Å². The van der Waals surface area contributed by atoms with Crippen LogP contribution in [0, 0.1) is 25.7 Å². The summed E-state index contributed by atoms with van der Waals surface area (Å²) < 4.78 is 22.9. The zero-order chi connectivity index (χ0) is 16.4. The summed E-state index contributed by atoms with van der Waals surface area (Å²) in [5, 5.41) is 2.85. The molecule has 0 bridgehead atoms. The summed E-state index contributed by atoms with van der Waals surface area (Å²) in [6, 6.07) is 2.81. The molecule has 0 saturated heterocycles. The summed E-state index contributed by atoms with van der Waals surface area (Å²) in [4.78, 5) is 12.2. The first-order valence-corrected chi connectivity index (χ1v) is 9.19. The van der Waals surface area contributed by atoms with Crippen molar-refractivity contribution in [1.29, 1.82) is 0 Å². The van der Waals surface area contributed by atoms with Crippen molar-refractivity contribution in [3.63, 3.8) is 0 Å². The second-order valence-electron chi connectivity index (χ2n) is 5.78. The first-order chi connectivity index (χ1) is 9.54. The number of hydrogen-bond acceptors (Lipinski definition) is 3. The molecular formula is C15H22ClNO3S. The van der Waals surface area contributed by atoms with Crippen molar-refractivity contribution < 1.29 is 13.2 Å². The van der Waals surface area contributed by atoms with E-state index in [1.807, 2.05) is 0 Å². The molecule has 0 aliphatic rings. The van der Waals surface area contributed by atoms with Gasteiger partial charge in [0.1, 0.15) is 0 Å². The molecule has 0 aromatic heterocycles. The van der Waals surface area contributed by atoms with E-state index in [4.69, 9.17) is 10.7 Å². The third-order valence-corrected chi connectivity index (χ3v) is 5.22. The molecule has 0 radical (unpaired) electrons. The number of hydrogen-bond donors (Lipinski definition) is 1. The quantitative estimate of drug-likeness (QED) is 0.842. The van der Waals surface area contributed by atoms with Crippen LogP contribution in [-0.4, -0.2) is 20.9 Å². The van der Waals surface area contributed by atoms with Gasteiger partial charge in [-0.25, -0.2) is 8.42 Å². The van der Waals surface area contributed by atoms with Crippen molar-refractivity contribution in [2.75, 3.05) is 6.54 Å². The van der Waals surface area contributed by atoms with Crippen LogP contribution < -0.4 is 5.32 Å². The monoisotopic (exact) mass is 331 g/mol. The van der Waals surface area contributed by atoms with Crippen LogP contribution in [0.25, 0.3) is 0 Å². The summed E-state index contributed by atoms with van der Waals surface area (Å²) in [6.45, 7) is 10.3. The van der Waals surface area contributed by atoms with E-state index in [1.54, 1.807) is 13.8 Å². The van der Waals surface area contributed by atoms with E-state index in [0.717, 1.165) is 11.1 Å². The fraction of sp³-hybridized carbons (Fsp3) is 0.533. The summed E-state index contributed by atoms with van der Waals surface area (Å²) in [7, 11) is 1.52. The number of halogens is 1. The fourth-order valence-electron chi connectivity index (χ4n) is 1.79. The number of benzene rings is 1. The van der Waals surface area contributed by atoms with Crippen LogP contribution in [0.1, 0.15) is 42.3 Å². The van der Waals surface area contributed by atoms with Crippen molar-refractivity contribution in [3.05, 3.63) is 28.8 Å². The van der Waals surface area contributed by atoms with Gasteiger partial charge in [0.2, 0.25) is 0 Å². The van der Waals surface area contributed by atoms with Gasteiger partial charge in [-0.05, 0) is 48.9 Å². The molecule has 1 aromatic rings. The first kappa shape index (κ1) is 18.0. The van der Waals surface area contributed by atoms with Crippen molar-refractivity contribution in [2.24, 2.45) is 11.8 Å². The lowest BCUT2D eigenvalue weighted by molar-refractivity contribution is 0.0944. The summed E-state index contributed by atoms with van der Waals surface area (Å²) in [6.07, 6.45) is 0. The predicted octanol–water partition coefficient (Wildman–Crippen LogP) is 3.25. The van der Waals surface area contributed by atoms with Crippen molar-refractivity contribution in [1.82, 2.24) is 5.32 Å². The molecule has 6 heteroatoms. The second kappa shape index (κ2) is 6.79. The van der Waals surface area contributed by atoms with Gasteiger partial charge in [0.15, 0.2) is 0 Å². The minimum Gasteiger partial charge on any atom is -0.352 e. The maximum Gasteiger partial charge on any atom is 0.261 e. The number of nitrogens with one attached hydrogen (secondary N) is 1. The third-order valence-electron chi connectivity index (χ3n) is 3.89. The van der Waals surface area contributed by atoms with Gasteiger partial charge in [0.05, 0.1) is 4.90 Å². The van der Waals surface area contributed by atoms with Gasteiger partial charge in [-0.3, -0.25) is 4.79 Å². The van der Waals surface area contributed by atoms with Gasteiger partial charge in [0.25, 0.3) is 15.0 Å². The highest BCUT2D eigenvalue weighted by Crippen LogP contribution is 2.22. The van der Waals surface area contributed by atoms with E-state index in [9.17, 15) is 13.2 Å². The third kappa shape index (κ3) is 4.71. The molecule has 0 saturated carbocycles. The summed E-state index contributed by atoms with van der Waals surface area (Å²) in [5.74, 6) is 0.531. The SMILES string of the molecule is Cc1cc(S(=O)(=O)Cl)cc(C(=O)NCC(C)C(C)C)c1C. The Morgan fingerprint density at radius 3 is 2.29 bits per heavy atom. The van der Waals surface area contributed by atoms with E-state index in [0.29, 0.717) is 23.9 Å². The average Bonchev–Trinajstić information content (AvgIpc) is 2.37.